The monoisotopic (exact) mass is 424 g/mol. The van der Waals surface area contributed by atoms with Gasteiger partial charge >= 0.3 is 5.97 Å². The Morgan fingerprint density at radius 2 is 1.87 bits per heavy atom. The van der Waals surface area contributed by atoms with Crippen molar-refractivity contribution in [2.45, 2.75) is 26.8 Å². The second kappa shape index (κ2) is 7.71. The predicted molar refractivity (Wildman–Crippen MR) is 110 cm³/mol. The highest BCUT2D eigenvalue weighted by atomic mass is 19.1. The second-order valence-corrected chi connectivity index (χ2v) is 7.20. The highest BCUT2D eigenvalue weighted by Gasteiger charge is 2.18. The van der Waals surface area contributed by atoms with Gasteiger partial charge in [0.25, 0.3) is 0 Å². The summed E-state index contributed by atoms with van der Waals surface area (Å²) in [6, 6.07) is 5.67. The highest BCUT2D eigenvalue weighted by Crippen LogP contribution is 2.30. The van der Waals surface area contributed by atoms with Gasteiger partial charge in [-0.15, -0.1) is 0 Å². The van der Waals surface area contributed by atoms with Crippen LogP contribution in [0.3, 0.4) is 0 Å². The molecule has 0 radical (unpaired) electrons. The van der Waals surface area contributed by atoms with E-state index in [1.165, 1.54) is 24.4 Å². The van der Waals surface area contributed by atoms with Crippen LogP contribution in [0.25, 0.3) is 22.3 Å². The van der Waals surface area contributed by atoms with Crippen molar-refractivity contribution in [1.82, 2.24) is 24.5 Å². The van der Waals surface area contributed by atoms with E-state index in [-0.39, 0.29) is 40.1 Å². The lowest BCUT2D eigenvalue weighted by Crippen LogP contribution is -2.04. The van der Waals surface area contributed by atoms with E-state index >= 15 is 0 Å². The van der Waals surface area contributed by atoms with Gasteiger partial charge in [-0.25, -0.2) is 33.5 Å². The number of anilines is 2. The van der Waals surface area contributed by atoms with Crippen molar-refractivity contribution in [1.29, 1.82) is 0 Å². The van der Waals surface area contributed by atoms with Gasteiger partial charge in [0, 0.05) is 17.8 Å². The molecule has 2 N–H and O–H groups in total. The van der Waals surface area contributed by atoms with Gasteiger partial charge in [-0.3, -0.25) is 0 Å². The number of hydrogen-bond acceptors (Lipinski definition) is 6. The Bertz CT molecular complexity index is 1300. The number of fused-ring (bicyclic) bond motifs is 1. The third-order valence-corrected chi connectivity index (χ3v) is 4.71. The van der Waals surface area contributed by atoms with Crippen LogP contribution in [0.4, 0.5) is 20.5 Å². The summed E-state index contributed by atoms with van der Waals surface area (Å²) in [6.45, 7) is 5.69. The van der Waals surface area contributed by atoms with Gasteiger partial charge in [-0.05, 0) is 45.0 Å². The van der Waals surface area contributed by atoms with Crippen LogP contribution >= 0.6 is 0 Å². The summed E-state index contributed by atoms with van der Waals surface area (Å²) in [4.78, 5) is 27.3. The van der Waals surface area contributed by atoms with Crippen LogP contribution in [-0.2, 0) is 0 Å². The van der Waals surface area contributed by atoms with Crippen LogP contribution in [-0.4, -0.2) is 35.6 Å². The maximum atomic E-state index is 14.8. The number of carbonyl (C=O) groups is 1. The van der Waals surface area contributed by atoms with Crippen LogP contribution in [0.15, 0.2) is 36.7 Å². The first-order valence-corrected chi connectivity index (χ1v) is 9.42. The zero-order chi connectivity index (χ0) is 22.3. The lowest BCUT2D eigenvalue weighted by Gasteiger charge is -2.12. The first-order chi connectivity index (χ1) is 14.7. The third kappa shape index (κ3) is 3.79. The van der Waals surface area contributed by atoms with Crippen molar-refractivity contribution in [3.8, 4) is 11.3 Å². The summed E-state index contributed by atoms with van der Waals surface area (Å²) in [6.07, 6.45) is 2.15. The Labute approximate surface area is 175 Å². The number of imidazole rings is 1. The lowest BCUT2D eigenvalue weighted by atomic mass is 10.1. The number of nitrogens with zero attached hydrogens (tertiary/aromatic N) is 5. The van der Waals surface area contributed by atoms with Crippen molar-refractivity contribution in [2.75, 3.05) is 5.32 Å². The Hall–Kier alpha value is -3.95. The molecule has 31 heavy (non-hydrogen) atoms. The van der Waals surface area contributed by atoms with E-state index in [0.29, 0.717) is 11.3 Å². The number of halogens is 2. The molecule has 0 saturated carbocycles. The van der Waals surface area contributed by atoms with Crippen molar-refractivity contribution in [3.05, 3.63) is 59.7 Å². The van der Waals surface area contributed by atoms with Gasteiger partial charge in [0.05, 0.1) is 17.3 Å². The number of pyridine rings is 1. The molecule has 158 valence electrons. The highest BCUT2D eigenvalue weighted by molar-refractivity contribution is 5.87. The van der Waals surface area contributed by atoms with Crippen molar-refractivity contribution < 1.29 is 18.7 Å². The van der Waals surface area contributed by atoms with Crippen molar-refractivity contribution in [2.24, 2.45) is 0 Å². The van der Waals surface area contributed by atoms with E-state index in [9.17, 15) is 13.6 Å². The Balaban J connectivity index is 1.75. The fraction of sp³-hybridized carbons (Fsp3) is 0.190. The molecule has 10 heteroatoms. The van der Waals surface area contributed by atoms with Crippen molar-refractivity contribution >= 4 is 28.8 Å². The molecule has 0 unspecified atom stereocenters. The standard InChI is InChI=1S/C21H18F2N6O2/c1-10(2)29-11(3)26-19-14(22)6-13(7-16(19)29)18-15(23)9-25-21(28-18)27-17-5-4-12(8-24-17)20(30)31/h4-10H,1-3H3,(H,30,31)(H,24,25,27,28). The summed E-state index contributed by atoms with van der Waals surface area (Å²) < 4.78 is 31.2. The van der Waals surface area contributed by atoms with Gasteiger partial charge in [-0.2, -0.15) is 0 Å². The molecule has 0 spiro atoms. The first kappa shape index (κ1) is 20.3. The quantitative estimate of drug-likeness (QED) is 0.486. The third-order valence-electron chi connectivity index (χ3n) is 4.71. The summed E-state index contributed by atoms with van der Waals surface area (Å²) in [7, 11) is 0. The number of benzene rings is 1. The molecular formula is C21H18F2N6O2. The molecule has 3 aromatic heterocycles. The second-order valence-electron chi connectivity index (χ2n) is 7.20. The molecule has 0 saturated heterocycles. The van der Waals surface area contributed by atoms with Crippen LogP contribution in [0.2, 0.25) is 0 Å². The number of aryl methyl sites for hydroxylation is 1. The Morgan fingerprint density at radius 1 is 1.10 bits per heavy atom. The maximum absolute atomic E-state index is 14.8. The maximum Gasteiger partial charge on any atom is 0.337 e. The zero-order valence-corrected chi connectivity index (χ0v) is 16.9. The fourth-order valence-corrected chi connectivity index (χ4v) is 3.40. The number of aromatic nitrogens is 5. The molecule has 8 nitrogen and oxygen atoms in total. The van der Waals surface area contributed by atoms with Crippen LogP contribution in [0.1, 0.15) is 36.1 Å². The average molecular weight is 424 g/mol. The minimum atomic E-state index is -1.10. The summed E-state index contributed by atoms with van der Waals surface area (Å²) >= 11 is 0. The van der Waals surface area contributed by atoms with E-state index in [4.69, 9.17) is 5.11 Å². The van der Waals surface area contributed by atoms with Gasteiger partial charge in [0.2, 0.25) is 5.95 Å². The first-order valence-electron chi connectivity index (χ1n) is 9.42. The van der Waals surface area contributed by atoms with E-state index < -0.39 is 17.6 Å². The Morgan fingerprint density at radius 3 is 2.52 bits per heavy atom. The number of nitrogens with one attached hydrogen (secondary N) is 1. The molecule has 0 aliphatic rings. The molecular weight excluding hydrogens is 406 g/mol. The lowest BCUT2D eigenvalue weighted by molar-refractivity contribution is 0.0696. The molecule has 0 aliphatic heterocycles. The molecule has 0 fully saturated rings. The molecule has 0 bridgehead atoms. The minimum absolute atomic E-state index is 0.0205. The fourth-order valence-electron chi connectivity index (χ4n) is 3.40. The molecule has 3 heterocycles. The summed E-state index contributed by atoms with van der Waals surface area (Å²) in [5.74, 6) is -1.44. The van der Waals surface area contributed by atoms with E-state index in [0.717, 1.165) is 6.20 Å². The number of carboxylic acid groups (broad SMARTS) is 1. The molecule has 0 aliphatic carbocycles. The zero-order valence-electron chi connectivity index (χ0n) is 16.9. The smallest absolute Gasteiger partial charge is 0.337 e. The SMILES string of the molecule is Cc1nc2c(F)cc(-c3nc(Nc4ccc(C(=O)O)cn4)ncc3F)cc2n1C(C)C. The van der Waals surface area contributed by atoms with Crippen LogP contribution in [0, 0.1) is 18.6 Å². The van der Waals surface area contributed by atoms with Crippen LogP contribution in [0.5, 0.6) is 0 Å². The average Bonchev–Trinajstić information content (AvgIpc) is 3.06. The predicted octanol–water partition coefficient (Wildman–Crippen LogP) is 4.50. The summed E-state index contributed by atoms with van der Waals surface area (Å²) in [5, 5.41) is 11.7. The van der Waals surface area contributed by atoms with Crippen molar-refractivity contribution in [3.63, 3.8) is 0 Å². The topological polar surface area (TPSA) is 106 Å². The number of rotatable bonds is 5. The molecule has 4 rings (SSSR count). The molecule has 0 atom stereocenters. The number of hydrogen-bond donors (Lipinski definition) is 2. The van der Waals surface area contributed by atoms with Gasteiger partial charge in [0.1, 0.15) is 22.9 Å². The van der Waals surface area contributed by atoms with Gasteiger partial charge in [-0.1, -0.05) is 0 Å². The molecule has 4 aromatic rings. The largest absolute Gasteiger partial charge is 0.478 e. The normalized spacial score (nSPS) is 11.3. The molecule has 0 amide bonds. The number of aromatic carboxylic acids is 1. The van der Waals surface area contributed by atoms with E-state index in [1.807, 2.05) is 18.4 Å². The van der Waals surface area contributed by atoms with Crippen LogP contribution < -0.4 is 5.32 Å². The summed E-state index contributed by atoms with van der Waals surface area (Å²) in [5.41, 5.74) is 0.928. The van der Waals surface area contributed by atoms with E-state index in [2.05, 4.69) is 25.3 Å². The Kier molecular flexibility index (Phi) is 5.05. The van der Waals surface area contributed by atoms with Gasteiger partial charge in [0.15, 0.2) is 11.6 Å². The minimum Gasteiger partial charge on any atom is -0.478 e. The molecule has 1 aromatic carbocycles. The van der Waals surface area contributed by atoms with E-state index in [1.54, 1.807) is 13.0 Å². The number of carboxylic acids is 1. The van der Waals surface area contributed by atoms with Gasteiger partial charge < -0.3 is 15.0 Å².